The van der Waals surface area contributed by atoms with E-state index < -0.39 is 21.4 Å². The molecule has 2 N–H and O–H groups in total. The minimum Gasteiger partial charge on any atom is -0.478 e. The minimum atomic E-state index is -3.67. The first-order chi connectivity index (χ1) is 15.0. The van der Waals surface area contributed by atoms with Crippen LogP contribution in [0.4, 0.5) is 5.69 Å². The number of Topliss-reactive ketones (excluding diaryl/α,β-unsaturated/α-hetero) is 1. The van der Waals surface area contributed by atoms with E-state index in [0.717, 1.165) is 17.5 Å². The van der Waals surface area contributed by atoms with Crippen molar-refractivity contribution in [3.63, 3.8) is 0 Å². The number of rotatable bonds is 8. The van der Waals surface area contributed by atoms with Gasteiger partial charge in [-0.15, -0.1) is 0 Å². The zero-order valence-electron chi connectivity index (χ0n) is 18.4. The number of ketones is 1. The van der Waals surface area contributed by atoms with E-state index in [2.05, 4.69) is 4.72 Å². The Kier molecular flexibility index (Phi) is 5.65. The quantitative estimate of drug-likeness (QED) is 0.618. The van der Waals surface area contributed by atoms with Gasteiger partial charge in [-0.3, -0.25) is 9.52 Å². The van der Waals surface area contributed by atoms with Crippen LogP contribution in [0.5, 0.6) is 0 Å². The molecule has 2 aromatic rings. The van der Waals surface area contributed by atoms with Crippen LogP contribution < -0.4 is 4.72 Å². The molecule has 2 bridgehead atoms. The maximum Gasteiger partial charge on any atom is 0.335 e. The van der Waals surface area contributed by atoms with Crippen molar-refractivity contribution in [3.05, 3.63) is 65.2 Å². The lowest BCUT2D eigenvalue weighted by Crippen LogP contribution is -2.43. The predicted octanol–water partition coefficient (Wildman–Crippen LogP) is 4.31. The highest BCUT2D eigenvalue weighted by atomic mass is 32.2. The van der Waals surface area contributed by atoms with Crippen molar-refractivity contribution in [2.45, 2.75) is 46.0 Å². The Labute approximate surface area is 189 Å². The van der Waals surface area contributed by atoms with Crippen molar-refractivity contribution in [1.29, 1.82) is 0 Å². The second-order valence-corrected chi connectivity index (χ2v) is 11.5. The molecule has 2 aliphatic carbocycles. The summed E-state index contributed by atoms with van der Waals surface area (Å²) < 4.78 is 28.5. The molecule has 0 amide bonds. The maximum atomic E-state index is 12.9. The summed E-state index contributed by atoms with van der Waals surface area (Å²) in [7, 11) is -3.67. The molecule has 6 nitrogen and oxygen atoms in total. The van der Waals surface area contributed by atoms with Crippen molar-refractivity contribution in [2.24, 2.45) is 16.7 Å². The van der Waals surface area contributed by atoms with E-state index in [-0.39, 0.29) is 28.4 Å². The molecule has 170 valence electrons. The number of hydrogen-bond donors (Lipinski definition) is 2. The average Bonchev–Trinajstić information content (AvgIpc) is 3.07. The number of anilines is 1. The number of carboxylic acids is 1. The number of fused-ring (bicyclic) bond motifs is 2. The van der Waals surface area contributed by atoms with Gasteiger partial charge in [0.1, 0.15) is 5.78 Å². The van der Waals surface area contributed by atoms with Gasteiger partial charge in [0.25, 0.3) is 0 Å². The number of carbonyl (C=O) groups excluding carboxylic acids is 1. The molecular weight excluding hydrogens is 426 g/mol. The van der Waals surface area contributed by atoms with Crippen LogP contribution in [0.15, 0.2) is 48.5 Å². The van der Waals surface area contributed by atoms with Gasteiger partial charge in [-0.1, -0.05) is 38.1 Å². The molecule has 2 aromatic carbocycles. The number of carbonyl (C=O) groups is 2. The molecule has 4 rings (SSSR count). The number of benzene rings is 2. The molecule has 2 unspecified atom stereocenters. The van der Waals surface area contributed by atoms with Crippen molar-refractivity contribution in [2.75, 3.05) is 10.5 Å². The van der Waals surface area contributed by atoms with E-state index >= 15 is 0 Å². The standard InChI is InChI=1S/C25H29NO5S/c1-24(2)20-12-13-25(24,22(27)15-20)16-32(30,31)26-21-10-8-17(9-11-21)6-7-18-4-3-5-19(14-18)23(28)29/h3-5,8-11,14,20,26H,6-7,12-13,15-16H2,1-2H3,(H,28,29). The van der Waals surface area contributed by atoms with E-state index in [9.17, 15) is 18.0 Å². The van der Waals surface area contributed by atoms with E-state index in [1.807, 2.05) is 32.0 Å². The lowest BCUT2D eigenvalue weighted by Gasteiger charge is -2.36. The Bertz CT molecular complexity index is 1150. The average molecular weight is 456 g/mol. The molecule has 2 aliphatic rings. The summed E-state index contributed by atoms with van der Waals surface area (Å²) in [5.74, 6) is -0.741. The van der Waals surface area contributed by atoms with Gasteiger partial charge in [-0.2, -0.15) is 0 Å². The van der Waals surface area contributed by atoms with Crippen LogP contribution >= 0.6 is 0 Å². The van der Waals surface area contributed by atoms with Crippen LogP contribution in [0, 0.1) is 16.7 Å². The van der Waals surface area contributed by atoms with Crippen LogP contribution in [0.2, 0.25) is 0 Å². The van der Waals surface area contributed by atoms with Crippen molar-refractivity contribution in [1.82, 2.24) is 0 Å². The van der Waals surface area contributed by atoms with E-state index in [1.165, 1.54) is 0 Å². The minimum absolute atomic E-state index is 0.0893. The van der Waals surface area contributed by atoms with Crippen LogP contribution in [0.1, 0.15) is 54.6 Å². The summed E-state index contributed by atoms with van der Waals surface area (Å²) in [5, 5.41) is 9.11. The Balaban J connectivity index is 1.40. The van der Waals surface area contributed by atoms with E-state index in [0.29, 0.717) is 31.4 Å². The van der Waals surface area contributed by atoms with Gasteiger partial charge in [0.2, 0.25) is 10.0 Å². The molecule has 0 saturated heterocycles. The fraction of sp³-hybridized carbons (Fsp3) is 0.440. The lowest BCUT2D eigenvalue weighted by molar-refractivity contribution is -0.128. The fourth-order valence-electron chi connectivity index (χ4n) is 5.54. The van der Waals surface area contributed by atoms with Gasteiger partial charge >= 0.3 is 5.97 Å². The smallest absolute Gasteiger partial charge is 0.335 e. The molecule has 0 aromatic heterocycles. The van der Waals surface area contributed by atoms with Gasteiger partial charge in [0.15, 0.2) is 0 Å². The van der Waals surface area contributed by atoms with Crippen molar-refractivity contribution in [3.8, 4) is 0 Å². The second-order valence-electron chi connectivity index (χ2n) is 9.73. The summed E-state index contributed by atoms with van der Waals surface area (Å²) >= 11 is 0. The first-order valence-corrected chi connectivity index (χ1v) is 12.6. The fourth-order valence-corrected chi connectivity index (χ4v) is 7.43. The van der Waals surface area contributed by atoms with Crippen LogP contribution in [-0.4, -0.2) is 31.0 Å². The summed E-state index contributed by atoms with van der Waals surface area (Å²) in [6.45, 7) is 4.07. The molecule has 0 aliphatic heterocycles. The molecule has 0 spiro atoms. The molecule has 0 radical (unpaired) electrons. The Morgan fingerprint density at radius 2 is 1.78 bits per heavy atom. The third kappa shape index (κ3) is 4.06. The van der Waals surface area contributed by atoms with Crippen LogP contribution in [-0.2, 0) is 27.7 Å². The molecule has 32 heavy (non-hydrogen) atoms. The zero-order valence-corrected chi connectivity index (χ0v) is 19.2. The summed E-state index contributed by atoms with van der Waals surface area (Å²) in [6, 6.07) is 14.1. The zero-order chi connectivity index (χ0) is 23.1. The largest absolute Gasteiger partial charge is 0.478 e. The first kappa shape index (κ1) is 22.5. The number of sulfonamides is 1. The Morgan fingerprint density at radius 3 is 2.38 bits per heavy atom. The number of nitrogens with one attached hydrogen (secondary N) is 1. The monoisotopic (exact) mass is 455 g/mol. The molecule has 0 heterocycles. The topological polar surface area (TPSA) is 101 Å². The first-order valence-electron chi connectivity index (χ1n) is 11.0. The normalized spacial score (nSPS) is 23.9. The summed E-state index contributed by atoms with van der Waals surface area (Å²) in [4.78, 5) is 23.8. The third-order valence-corrected chi connectivity index (χ3v) is 9.10. The van der Waals surface area contributed by atoms with Gasteiger partial charge in [0.05, 0.1) is 16.7 Å². The molecular formula is C25H29NO5S. The highest BCUT2D eigenvalue weighted by Crippen LogP contribution is 2.64. The molecule has 2 fully saturated rings. The third-order valence-electron chi connectivity index (χ3n) is 7.68. The van der Waals surface area contributed by atoms with Gasteiger partial charge < -0.3 is 5.11 Å². The van der Waals surface area contributed by atoms with E-state index in [4.69, 9.17) is 5.11 Å². The van der Waals surface area contributed by atoms with Gasteiger partial charge in [0, 0.05) is 12.1 Å². The highest BCUT2D eigenvalue weighted by molar-refractivity contribution is 7.92. The summed E-state index contributed by atoms with van der Waals surface area (Å²) in [5.41, 5.74) is 1.64. The lowest BCUT2D eigenvalue weighted by atomic mass is 9.70. The number of hydrogen-bond acceptors (Lipinski definition) is 4. The maximum absolute atomic E-state index is 12.9. The second kappa shape index (κ2) is 8.03. The molecule has 7 heteroatoms. The SMILES string of the molecule is CC1(C)C2CCC1(CS(=O)(=O)Nc1ccc(CCc3cccc(C(=O)O)c3)cc1)C(=O)C2. The molecule has 2 saturated carbocycles. The van der Waals surface area contributed by atoms with Crippen LogP contribution in [0.3, 0.4) is 0 Å². The Morgan fingerprint density at radius 1 is 1.09 bits per heavy atom. The Hall–Kier alpha value is -2.67. The predicted molar refractivity (Wildman–Crippen MR) is 123 cm³/mol. The van der Waals surface area contributed by atoms with E-state index in [1.54, 1.807) is 30.3 Å². The summed E-state index contributed by atoms with van der Waals surface area (Å²) in [6.07, 6.45) is 3.45. The van der Waals surface area contributed by atoms with Crippen molar-refractivity contribution < 1.29 is 23.1 Å². The molecule has 2 atom stereocenters. The number of aryl methyl sites for hydroxylation is 2. The van der Waals surface area contributed by atoms with Gasteiger partial charge in [-0.05, 0) is 72.4 Å². The number of aromatic carboxylic acids is 1. The number of carboxylic acid groups (broad SMARTS) is 1. The highest BCUT2D eigenvalue weighted by Gasteiger charge is 2.65. The van der Waals surface area contributed by atoms with Crippen LogP contribution in [0.25, 0.3) is 0 Å². The van der Waals surface area contributed by atoms with Gasteiger partial charge in [-0.25, -0.2) is 13.2 Å². The van der Waals surface area contributed by atoms with Crippen molar-refractivity contribution >= 4 is 27.5 Å².